The van der Waals surface area contributed by atoms with Crippen molar-refractivity contribution in [3.63, 3.8) is 0 Å². The second-order valence-corrected chi connectivity index (χ2v) is 16.8. The molecule has 5 aliphatic rings. The first-order chi connectivity index (χ1) is 24.7. The predicted octanol–water partition coefficient (Wildman–Crippen LogP) is 9.25. The Morgan fingerprint density at radius 2 is 1.39 bits per heavy atom. The van der Waals surface area contributed by atoms with Gasteiger partial charge in [-0.05, 0) is 127 Å². The van der Waals surface area contributed by atoms with E-state index < -0.39 is 0 Å². The lowest BCUT2D eigenvalue weighted by atomic mass is 9.41. The number of fused-ring (bicyclic) bond motifs is 5. The van der Waals surface area contributed by atoms with Crippen LogP contribution in [0.15, 0.2) is 45.7 Å². The first kappa shape index (κ1) is 37.7. The second-order valence-electron chi connectivity index (χ2n) is 16.8. The van der Waals surface area contributed by atoms with Gasteiger partial charge in [-0.2, -0.15) is 0 Å². The number of benzene rings is 1. The smallest absolute Gasteiger partial charge is 0.0637 e. The maximum absolute atomic E-state index is 9.06. The summed E-state index contributed by atoms with van der Waals surface area (Å²) in [7, 11) is 2.31. The average Bonchev–Trinajstić information content (AvgIpc) is 3.48. The zero-order chi connectivity index (χ0) is 36.1. The van der Waals surface area contributed by atoms with Gasteiger partial charge in [-0.15, -0.1) is 0 Å². The summed E-state index contributed by atoms with van der Waals surface area (Å²) in [6.45, 7) is 10.9. The van der Waals surface area contributed by atoms with E-state index in [1.807, 2.05) is 0 Å². The van der Waals surface area contributed by atoms with Crippen LogP contribution in [0.1, 0.15) is 84.1 Å². The molecule has 12 atom stereocenters. The van der Waals surface area contributed by atoms with Gasteiger partial charge < -0.3 is 14.2 Å². The summed E-state index contributed by atoms with van der Waals surface area (Å²) in [6.07, 6.45) is 10.0. The Morgan fingerprint density at radius 3 is 2.04 bits per heavy atom. The van der Waals surface area contributed by atoms with Crippen molar-refractivity contribution >= 4 is 0 Å². The first-order valence-corrected chi connectivity index (χ1v) is 19.3. The van der Waals surface area contributed by atoms with Crippen LogP contribution in [0.4, 0.5) is 0 Å². The maximum Gasteiger partial charge on any atom is 0.0637 e. The number of hydrogen-bond donors (Lipinski definition) is 0. The molecule has 13 nitrogen and oxygen atoms in total. The summed E-state index contributed by atoms with van der Waals surface area (Å²) in [4.78, 5) is 11.5. The Labute approximate surface area is 303 Å². The molecule has 278 valence electrons. The number of azide groups is 3. The van der Waals surface area contributed by atoms with E-state index in [1.165, 1.54) is 24.8 Å². The molecule has 1 aromatic carbocycles. The number of nitrogens with zero attached hydrogens (tertiary/aromatic N) is 10. The predicted molar refractivity (Wildman–Crippen MR) is 196 cm³/mol. The molecule has 4 unspecified atom stereocenters. The van der Waals surface area contributed by atoms with E-state index in [-0.39, 0.29) is 34.6 Å². The maximum atomic E-state index is 9.06. The monoisotopic (exact) mass is 702 g/mol. The highest BCUT2D eigenvalue weighted by molar-refractivity contribution is 5.20. The van der Waals surface area contributed by atoms with E-state index in [1.54, 1.807) is 0 Å². The standard InChI is InChI=1S/C38H58N10O3/c1-36-14-12-28(49-19-16-42-45-39)22-27(36)23-31(50-20-17-43-46-40)35-29-10-11-32(38(29,3)34(24-30(35)36)51-21-18-44-47-41)37(2)15-13-33(37)48(4)25-26-8-6-5-7-9-26/h5-9,27-35H,10-25H2,1-4H3/t27?,28-,29-,30-,31?,32+,33?,34-,35?,36-,37+,38-/m0/s1. The molecule has 5 saturated carbocycles. The van der Waals surface area contributed by atoms with Crippen molar-refractivity contribution in [3.05, 3.63) is 67.2 Å². The summed E-state index contributed by atoms with van der Waals surface area (Å²) in [5, 5.41) is 11.3. The molecule has 0 saturated heterocycles. The van der Waals surface area contributed by atoms with Crippen molar-refractivity contribution in [3.8, 4) is 0 Å². The highest BCUT2D eigenvalue weighted by Crippen LogP contribution is 2.72. The van der Waals surface area contributed by atoms with Crippen LogP contribution in [0.5, 0.6) is 0 Å². The molecule has 0 amide bonds. The van der Waals surface area contributed by atoms with Crippen LogP contribution in [0.3, 0.4) is 0 Å². The van der Waals surface area contributed by atoms with E-state index in [4.69, 9.17) is 30.8 Å². The van der Waals surface area contributed by atoms with E-state index in [0.717, 1.165) is 45.1 Å². The summed E-state index contributed by atoms with van der Waals surface area (Å²) >= 11 is 0. The molecular weight excluding hydrogens is 644 g/mol. The molecule has 0 aromatic heterocycles. The van der Waals surface area contributed by atoms with Gasteiger partial charge in [-0.3, -0.25) is 4.90 Å². The number of ether oxygens (including phenoxy) is 3. The highest BCUT2D eigenvalue weighted by Gasteiger charge is 2.69. The lowest BCUT2D eigenvalue weighted by molar-refractivity contribution is -0.237. The summed E-state index contributed by atoms with van der Waals surface area (Å²) in [5.74, 6) is 2.15. The molecule has 0 radical (unpaired) electrons. The summed E-state index contributed by atoms with van der Waals surface area (Å²) in [5.41, 5.74) is 28.3. The van der Waals surface area contributed by atoms with Gasteiger partial charge in [0.1, 0.15) is 0 Å². The van der Waals surface area contributed by atoms with Crippen LogP contribution >= 0.6 is 0 Å². The van der Waals surface area contributed by atoms with E-state index in [9.17, 15) is 0 Å². The molecular formula is C38H58N10O3. The fourth-order valence-electron chi connectivity index (χ4n) is 12.5. The fraction of sp³-hybridized carbons (Fsp3) is 0.842. The molecule has 0 heterocycles. The third-order valence-corrected chi connectivity index (χ3v) is 14.8. The number of hydrogen-bond acceptors (Lipinski definition) is 7. The van der Waals surface area contributed by atoms with Crippen LogP contribution in [-0.2, 0) is 20.8 Å². The number of rotatable bonds is 16. The topological polar surface area (TPSA) is 177 Å². The minimum Gasteiger partial charge on any atom is -0.378 e. The molecule has 0 N–H and O–H groups in total. The van der Waals surface area contributed by atoms with E-state index in [2.05, 4.69) is 93.1 Å². The van der Waals surface area contributed by atoms with Crippen LogP contribution < -0.4 is 0 Å². The third kappa shape index (κ3) is 7.32. The molecule has 0 aliphatic heterocycles. The van der Waals surface area contributed by atoms with Crippen LogP contribution in [0.25, 0.3) is 31.3 Å². The lowest BCUT2D eigenvalue weighted by Gasteiger charge is -2.66. The molecule has 1 aromatic rings. The van der Waals surface area contributed by atoms with Crippen molar-refractivity contribution < 1.29 is 14.2 Å². The second kappa shape index (κ2) is 16.3. The van der Waals surface area contributed by atoms with Crippen LogP contribution in [-0.4, -0.2) is 75.8 Å². The van der Waals surface area contributed by atoms with Gasteiger partial charge in [-0.1, -0.05) is 66.4 Å². The summed E-state index contributed by atoms with van der Waals surface area (Å²) in [6, 6.07) is 11.3. The molecule has 5 fully saturated rings. The van der Waals surface area contributed by atoms with Gasteiger partial charge in [0.15, 0.2) is 0 Å². The Morgan fingerprint density at radius 1 is 0.745 bits per heavy atom. The minimum atomic E-state index is -0.0598. The van der Waals surface area contributed by atoms with Gasteiger partial charge in [0.25, 0.3) is 0 Å². The van der Waals surface area contributed by atoms with Gasteiger partial charge in [-0.25, -0.2) is 0 Å². The van der Waals surface area contributed by atoms with Crippen molar-refractivity contribution in [2.24, 2.45) is 61.2 Å². The third-order valence-electron chi connectivity index (χ3n) is 14.8. The normalized spacial score (nSPS) is 39.7. The molecule has 0 spiro atoms. The fourth-order valence-corrected chi connectivity index (χ4v) is 12.5. The van der Waals surface area contributed by atoms with Gasteiger partial charge in [0.2, 0.25) is 0 Å². The highest BCUT2D eigenvalue weighted by atomic mass is 16.5. The van der Waals surface area contributed by atoms with Gasteiger partial charge >= 0.3 is 0 Å². The molecule has 51 heavy (non-hydrogen) atoms. The lowest BCUT2D eigenvalue weighted by Crippen LogP contribution is -2.66. The Kier molecular flexibility index (Phi) is 12.1. The van der Waals surface area contributed by atoms with Crippen molar-refractivity contribution in [1.29, 1.82) is 0 Å². The van der Waals surface area contributed by atoms with E-state index >= 15 is 0 Å². The zero-order valence-corrected chi connectivity index (χ0v) is 31.1. The Bertz CT molecular complexity index is 1480. The van der Waals surface area contributed by atoms with Crippen LogP contribution in [0.2, 0.25) is 0 Å². The van der Waals surface area contributed by atoms with Crippen molar-refractivity contribution in [1.82, 2.24) is 4.90 Å². The van der Waals surface area contributed by atoms with E-state index in [0.29, 0.717) is 75.1 Å². The SMILES string of the molecule is CN(Cc1ccccc1)C1CC[C@]1(C)[C@H]1CC[C@H]2C3C(OCCN=[N+]=[N-])CC4C[C@@H](OCCN=[N+]=[N-])CC[C@]4(C)[C@H]3C[C@H](OCCN=[N+]=[N-])[C@@]21C. The molecule has 5 aliphatic carbocycles. The van der Waals surface area contributed by atoms with Crippen molar-refractivity contribution in [2.45, 2.75) is 109 Å². The molecule has 13 heteroatoms. The van der Waals surface area contributed by atoms with Gasteiger partial charge in [0.05, 0.1) is 38.1 Å². The largest absolute Gasteiger partial charge is 0.378 e. The quantitative estimate of drug-likeness (QED) is 0.0722. The minimum absolute atomic E-state index is 0.0554. The Hall–Kier alpha value is -3.01. The summed E-state index contributed by atoms with van der Waals surface area (Å²) < 4.78 is 20.0. The van der Waals surface area contributed by atoms with Crippen LogP contribution in [0, 0.1) is 45.8 Å². The Balaban J connectivity index is 1.30. The van der Waals surface area contributed by atoms with Gasteiger partial charge in [0, 0.05) is 52.4 Å². The first-order valence-electron chi connectivity index (χ1n) is 19.3. The van der Waals surface area contributed by atoms with Crippen molar-refractivity contribution in [2.75, 3.05) is 46.5 Å². The zero-order valence-electron chi connectivity index (χ0n) is 31.1. The average molecular weight is 703 g/mol. The molecule has 0 bridgehead atoms. The molecule has 6 rings (SSSR count).